The highest BCUT2D eigenvalue weighted by molar-refractivity contribution is 5.75. The minimum Gasteiger partial charge on any atom is -0.483 e. The number of carbonyl (C=O) groups excluding carboxylic acids is 1. The first-order valence-electron chi connectivity index (χ1n) is 12.5. The minimum atomic E-state index is -0.250. The molecule has 1 spiro atoms. The highest BCUT2D eigenvalue weighted by atomic mass is 16.6. The van der Waals surface area contributed by atoms with Gasteiger partial charge in [-0.1, -0.05) is 0 Å². The zero-order chi connectivity index (χ0) is 25.5. The van der Waals surface area contributed by atoms with Gasteiger partial charge in [-0.25, -0.2) is 14.8 Å². The average Bonchev–Trinajstić information content (AvgIpc) is 3.35. The van der Waals surface area contributed by atoms with Crippen LogP contribution in [0.15, 0.2) is 36.7 Å². The molecule has 5 rings (SSSR count). The van der Waals surface area contributed by atoms with E-state index in [4.69, 9.17) is 24.4 Å². The van der Waals surface area contributed by atoms with Crippen molar-refractivity contribution in [2.75, 3.05) is 57.9 Å². The standard InChI is InChI=1S/C25H33N5O3.CH2O2/c1-3-33-24(31)30-17-25(18-30)9-8-20(15-25)28-11-13-29(14-12-28)23-21(5-4-10-26-23)19-6-7-22(32-2)27-16-19;2-1-3/h4-7,10,16,20H,3,8-9,11-15,17-18H2,1-2H3;1H,(H,2,3). The molecular weight excluding hydrogens is 462 g/mol. The monoisotopic (exact) mass is 497 g/mol. The summed E-state index contributed by atoms with van der Waals surface area (Å²) in [6.07, 6.45) is 7.19. The van der Waals surface area contributed by atoms with Gasteiger partial charge < -0.3 is 24.4 Å². The van der Waals surface area contributed by atoms with Crippen molar-refractivity contribution in [1.82, 2.24) is 19.8 Å². The molecule has 0 radical (unpaired) electrons. The van der Waals surface area contributed by atoms with E-state index in [1.165, 1.54) is 19.3 Å². The summed E-state index contributed by atoms with van der Waals surface area (Å²) in [5, 5.41) is 6.89. The van der Waals surface area contributed by atoms with E-state index in [0.29, 0.717) is 23.9 Å². The third-order valence-electron chi connectivity index (χ3n) is 7.43. The van der Waals surface area contributed by atoms with Gasteiger partial charge in [0.1, 0.15) is 5.82 Å². The summed E-state index contributed by atoms with van der Waals surface area (Å²) in [6, 6.07) is 8.65. The number of nitrogens with zero attached hydrogens (tertiary/aromatic N) is 5. The number of hydrogen-bond acceptors (Lipinski definition) is 8. The van der Waals surface area contributed by atoms with Gasteiger partial charge in [-0.05, 0) is 44.4 Å². The fraction of sp³-hybridized carbons (Fsp3) is 0.538. The number of anilines is 1. The van der Waals surface area contributed by atoms with Crippen LogP contribution in [0.25, 0.3) is 11.1 Å². The van der Waals surface area contributed by atoms with Crippen LogP contribution in [0.4, 0.5) is 10.6 Å². The largest absolute Gasteiger partial charge is 0.483 e. The first kappa shape index (κ1) is 25.7. The van der Waals surface area contributed by atoms with Crippen molar-refractivity contribution in [3.8, 4) is 17.0 Å². The van der Waals surface area contributed by atoms with Crippen LogP contribution >= 0.6 is 0 Å². The number of likely N-dealkylation sites (tertiary alicyclic amines) is 1. The Morgan fingerprint density at radius 2 is 1.94 bits per heavy atom. The smallest absolute Gasteiger partial charge is 0.409 e. The maximum Gasteiger partial charge on any atom is 0.409 e. The molecule has 3 fully saturated rings. The Bertz CT molecular complexity index is 1020. The second-order valence-electron chi connectivity index (χ2n) is 9.54. The van der Waals surface area contributed by atoms with Gasteiger partial charge in [0.05, 0.1) is 13.7 Å². The Balaban J connectivity index is 0.000000967. The second-order valence-corrected chi connectivity index (χ2v) is 9.54. The SMILES string of the molecule is CCOC(=O)N1CC2(CCC(N3CCN(c4ncccc4-c4ccc(OC)nc4)CC3)C2)C1.O=CO. The highest BCUT2D eigenvalue weighted by Crippen LogP contribution is 2.47. The topological polar surface area (TPSA) is 108 Å². The van der Waals surface area contributed by atoms with Gasteiger partial charge in [0.25, 0.3) is 6.47 Å². The van der Waals surface area contributed by atoms with Crippen LogP contribution in [0.5, 0.6) is 5.88 Å². The first-order chi connectivity index (χ1) is 17.5. The predicted molar refractivity (Wildman–Crippen MR) is 135 cm³/mol. The maximum atomic E-state index is 12.0. The van der Waals surface area contributed by atoms with Gasteiger partial charge in [0.2, 0.25) is 5.88 Å². The molecule has 10 nitrogen and oxygen atoms in total. The number of carbonyl (C=O) groups is 2. The number of hydrogen-bond donors (Lipinski definition) is 1. The summed E-state index contributed by atoms with van der Waals surface area (Å²) in [6.45, 7) is 7.78. The zero-order valence-electron chi connectivity index (χ0n) is 21.0. The van der Waals surface area contributed by atoms with Crippen LogP contribution in [-0.4, -0.2) is 96.5 Å². The van der Waals surface area contributed by atoms with Crippen molar-refractivity contribution in [2.24, 2.45) is 5.41 Å². The van der Waals surface area contributed by atoms with Gasteiger partial charge in [-0.3, -0.25) is 9.69 Å². The molecule has 0 aromatic carbocycles. The number of rotatable bonds is 5. The van der Waals surface area contributed by atoms with Crippen molar-refractivity contribution in [1.29, 1.82) is 0 Å². The average molecular weight is 498 g/mol. The Hall–Kier alpha value is -3.40. The van der Waals surface area contributed by atoms with Gasteiger partial charge in [0.15, 0.2) is 0 Å². The summed E-state index contributed by atoms with van der Waals surface area (Å²) in [7, 11) is 1.63. The summed E-state index contributed by atoms with van der Waals surface area (Å²) in [5.41, 5.74) is 2.47. The number of carboxylic acid groups (broad SMARTS) is 1. The molecule has 1 unspecified atom stereocenters. The molecule has 2 aromatic rings. The molecule has 1 N–H and O–H groups in total. The van der Waals surface area contributed by atoms with E-state index in [2.05, 4.69) is 20.9 Å². The molecule has 1 amide bonds. The van der Waals surface area contributed by atoms with E-state index in [1.54, 1.807) is 7.11 Å². The lowest BCUT2D eigenvalue weighted by molar-refractivity contribution is -0.122. The minimum absolute atomic E-state index is 0.154. The van der Waals surface area contributed by atoms with Gasteiger partial charge in [-0.2, -0.15) is 0 Å². The van der Waals surface area contributed by atoms with E-state index >= 15 is 0 Å². The van der Waals surface area contributed by atoms with Crippen molar-refractivity contribution in [3.63, 3.8) is 0 Å². The molecule has 2 saturated heterocycles. The van der Waals surface area contributed by atoms with E-state index in [0.717, 1.165) is 56.2 Å². The Morgan fingerprint density at radius 3 is 2.58 bits per heavy atom. The molecule has 0 bridgehead atoms. The molecule has 1 aliphatic carbocycles. The van der Waals surface area contributed by atoms with Gasteiger partial charge in [-0.15, -0.1) is 0 Å². The fourth-order valence-electron chi connectivity index (χ4n) is 5.72. The first-order valence-corrected chi connectivity index (χ1v) is 12.5. The van der Waals surface area contributed by atoms with Crippen LogP contribution in [0, 0.1) is 5.41 Å². The Morgan fingerprint density at radius 1 is 1.19 bits per heavy atom. The summed E-state index contributed by atoms with van der Waals surface area (Å²) in [4.78, 5) is 36.3. The number of pyridine rings is 2. The highest BCUT2D eigenvalue weighted by Gasteiger charge is 2.51. The van der Waals surface area contributed by atoms with Crippen LogP contribution in [-0.2, 0) is 9.53 Å². The molecule has 4 heterocycles. The molecule has 1 saturated carbocycles. The lowest BCUT2D eigenvalue weighted by Gasteiger charge is -2.48. The van der Waals surface area contributed by atoms with Crippen molar-refractivity contribution in [3.05, 3.63) is 36.7 Å². The lowest BCUT2D eigenvalue weighted by atomic mass is 9.78. The molecule has 194 valence electrons. The number of ether oxygens (including phenoxy) is 2. The number of methoxy groups -OCH3 is 1. The van der Waals surface area contributed by atoms with Gasteiger partial charge in [0, 0.05) is 80.3 Å². The Kier molecular flexibility index (Phi) is 8.25. The predicted octanol–water partition coefficient (Wildman–Crippen LogP) is 2.99. The summed E-state index contributed by atoms with van der Waals surface area (Å²) < 4.78 is 10.4. The molecule has 2 aromatic heterocycles. The van der Waals surface area contributed by atoms with Gasteiger partial charge >= 0.3 is 6.09 Å². The maximum absolute atomic E-state index is 12.0. The van der Waals surface area contributed by atoms with Crippen molar-refractivity contribution in [2.45, 2.75) is 32.2 Å². The molecule has 36 heavy (non-hydrogen) atoms. The van der Waals surface area contributed by atoms with E-state index < -0.39 is 0 Å². The number of amides is 1. The van der Waals surface area contributed by atoms with E-state index in [-0.39, 0.29) is 12.6 Å². The van der Waals surface area contributed by atoms with Crippen LogP contribution in [0.3, 0.4) is 0 Å². The van der Waals surface area contributed by atoms with Crippen molar-refractivity contribution >= 4 is 18.4 Å². The third kappa shape index (κ3) is 5.53. The second kappa shape index (κ2) is 11.6. The lowest BCUT2D eigenvalue weighted by Crippen LogP contribution is -2.58. The quantitative estimate of drug-likeness (QED) is 0.624. The fourth-order valence-corrected chi connectivity index (χ4v) is 5.72. The van der Waals surface area contributed by atoms with E-state index in [1.807, 2.05) is 42.4 Å². The van der Waals surface area contributed by atoms with Crippen LogP contribution in [0.1, 0.15) is 26.2 Å². The molecule has 2 aliphatic heterocycles. The van der Waals surface area contributed by atoms with E-state index in [9.17, 15) is 4.79 Å². The van der Waals surface area contributed by atoms with Crippen LogP contribution < -0.4 is 9.64 Å². The molecule has 3 aliphatic rings. The summed E-state index contributed by atoms with van der Waals surface area (Å²) >= 11 is 0. The summed E-state index contributed by atoms with van der Waals surface area (Å²) in [5.74, 6) is 1.64. The number of piperazine rings is 1. The molecular formula is C26H35N5O5. The normalized spacial score (nSPS) is 20.8. The Labute approximate surface area is 211 Å². The molecule has 10 heteroatoms. The zero-order valence-corrected chi connectivity index (χ0v) is 21.0. The third-order valence-corrected chi connectivity index (χ3v) is 7.43. The van der Waals surface area contributed by atoms with Crippen LogP contribution in [0.2, 0.25) is 0 Å². The number of aromatic nitrogens is 2. The van der Waals surface area contributed by atoms with Crippen molar-refractivity contribution < 1.29 is 24.2 Å². The molecule has 1 atom stereocenters.